The highest BCUT2D eigenvalue weighted by atomic mass is 16.5. The standard InChI is InChI=1S/C22H26N4O2/c1-14(2)18-7-5-6-8-19(18)28-12-11-23-20-10-9-17(13-24-20)21-25-16(4)15(3)22(27)26-21/h5-10,13-14H,11-12H2,1-4H3,(H,23,24)(H,25,26,27). The van der Waals surface area contributed by atoms with Crippen molar-refractivity contribution in [1.29, 1.82) is 0 Å². The largest absolute Gasteiger partial charge is 0.491 e. The fraction of sp³-hybridized carbons (Fsp3) is 0.318. The maximum absolute atomic E-state index is 11.9. The molecule has 6 heteroatoms. The highest BCUT2D eigenvalue weighted by Gasteiger charge is 2.08. The van der Waals surface area contributed by atoms with Crippen molar-refractivity contribution in [3.05, 3.63) is 69.8 Å². The molecule has 1 aromatic carbocycles. The van der Waals surface area contributed by atoms with E-state index in [1.807, 2.05) is 37.3 Å². The number of benzene rings is 1. The van der Waals surface area contributed by atoms with Crippen molar-refractivity contribution >= 4 is 5.82 Å². The Morgan fingerprint density at radius 1 is 1.14 bits per heavy atom. The van der Waals surface area contributed by atoms with Crippen molar-refractivity contribution in [2.24, 2.45) is 0 Å². The molecule has 0 fully saturated rings. The second-order valence-corrected chi connectivity index (χ2v) is 7.02. The average molecular weight is 378 g/mol. The van der Waals surface area contributed by atoms with Gasteiger partial charge in [0.2, 0.25) is 0 Å². The Morgan fingerprint density at radius 2 is 1.93 bits per heavy atom. The Balaban J connectivity index is 1.58. The summed E-state index contributed by atoms with van der Waals surface area (Å²) in [5, 5.41) is 3.25. The number of aromatic amines is 1. The summed E-state index contributed by atoms with van der Waals surface area (Å²) in [6.07, 6.45) is 1.70. The topological polar surface area (TPSA) is 79.9 Å². The summed E-state index contributed by atoms with van der Waals surface area (Å²) in [5.74, 6) is 2.62. The second-order valence-electron chi connectivity index (χ2n) is 7.02. The fourth-order valence-corrected chi connectivity index (χ4v) is 2.85. The summed E-state index contributed by atoms with van der Waals surface area (Å²) in [6, 6.07) is 11.9. The van der Waals surface area contributed by atoms with Crippen LogP contribution in [0.15, 0.2) is 47.4 Å². The second kappa shape index (κ2) is 8.69. The SMILES string of the molecule is Cc1nc(-c2ccc(NCCOc3ccccc3C(C)C)nc2)[nH]c(=O)c1C. The highest BCUT2D eigenvalue weighted by molar-refractivity contribution is 5.56. The molecule has 28 heavy (non-hydrogen) atoms. The van der Waals surface area contributed by atoms with Crippen LogP contribution in [0.5, 0.6) is 5.75 Å². The Bertz CT molecular complexity index is 994. The van der Waals surface area contributed by atoms with Gasteiger partial charge in [-0.25, -0.2) is 9.97 Å². The summed E-state index contributed by atoms with van der Waals surface area (Å²) < 4.78 is 5.91. The Labute approximate surface area is 165 Å². The maximum Gasteiger partial charge on any atom is 0.254 e. The molecular formula is C22H26N4O2. The third-order valence-electron chi connectivity index (χ3n) is 4.64. The molecule has 6 nitrogen and oxygen atoms in total. The molecule has 0 aliphatic rings. The van der Waals surface area contributed by atoms with Gasteiger partial charge in [0.05, 0.1) is 6.54 Å². The molecule has 0 unspecified atom stereocenters. The molecule has 0 radical (unpaired) electrons. The zero-order valence-electron chi connectivity index (χ0n) is 16.7. The number of hydrogen-bond donors (Lipinski definition) is 2. The van der Waals surface area contributed by atoms with Crippen LogP contribution < -0.4 is 15.6 Å². The van der Waals surface area contributed by atoms with Gasteiger partial charge < -0.3 is 15.0 Å². The zero-order valence-corrected chi connectivity index (χ0v) is 16.7. The number of aryl methyl sites for hydroxylation is 1. The van der Waals surface area contributed by atoms with E-state index in [4.69, 9.17) is 4.74 Å². The summed E-state index contributed by atoms with van der Waals surface area (Å²) >= 11 is 0. The highest BCUT2D eigenvalue weighted by Crippen LogP contribution is 2.25. The Kier molecular flexibility index (Phi) is 6.09. The van der Waals surface area contributed by atoms with Crippen molar-refractivity contribution in [2.45, 2.75) is 33.6 Å². The first-order valence-corrected chi connectivity index (χ1v) is 9.45. The molecular weight excluding hydrogens is 352 g/mol. The molecule has 0 atom stereocenters. The molecule has 0 bridgehead atoms. The van der Waals surface area contributed by atoms with E-state index in [9.17, 15) is 4.79 Å². The number of pyridine rings is 1. The van der Waals surface area contributed by atoms with Gasteiger partial charge in [0.15, 0.2) is 0 Å². The Morgan fingerprint density at radius 3 is 2.61 bits per heavy atom. The molecule has 0 saturated heterocycles. The number of ether oxygens (including phenoxy) is 1. The number of H-pyrrole nitrogens is 1. The van der Waals surface area contributed by atoms with Crippen molar-refractivity contribution in [2.75, 3.05) is 18.5 Å². The molecule has 0 spiro atoms. The van der Waals surface area contributed by atoms with Crippen molar-refractivity contribution in [3.8, 4) is 17.1 Å². The zero-order chi connectivity index (χ0) is 20.1. The monoisotopic (exact) mass is 378 g/mol. The lowest BCUT2D eigenvalue weighted by molar-refractivity contribution is 0.328. The molecule has 2 heterocycles. The van der Waals surface area contributed by atoms with Crippen LogP contribution in [0, 0.1) is 13.8 Å². The van der Waals surface area contributed by atoms with Gasteiger partial charge >= 0.3 is 0 Å². The molecule has 3 rings (SSSR count). The van der Waals surface area contributed by atoms with E-state index in [0.29, 0.717) is 30.5 Å². The molecule has 0 aliphatic carbocycles. The van der Waals surface area contributed by atoms with Gasteiger partial charge in [-0.05, 0) is 43.5 Å². The van der Waals surface area contributed by atoms with Crippen molar-refractivity contribution < 1.29 is 4.74 Å². The number of nitrogens with one attached hydrogen (secondary N) is 2. The van der Waals surface area contributed by atoms with Gasteiger partial charge in [-0.2, -0.15) is 0 Å². The van der Waals surface area contributed by atoms with Crippen LogP contribution in [0.4, 0.5) is 5.82 Å². The average Bonchev–Trinajstić information content (AvgIpc) is 2.69. The van der Waals surface area contributed by atoms with Crippen LogP contribution in [-0.4, -0.2) is 28.1 Å². The van der Waals surface area contributed by atoms with Crippen LogP contribution >= 0.6 is 0 Å². The minimum Gasteiger partial charge on any atom is -0.491 e. The summed E-state index contributed by atoms with van der Waals surface area (Å²) in [7, 11) is 0. The molecule has 2 N–H and O–H groups in total. The molecule has 0 amide bonds. The van der Waals surface area contributed by atoms with E-state index in [-0.39, 0.29) is 5.56 Å². The first-order valence-electron chi connectivity index (χ1n) is 9.45. The van der Waals surface area contributed by atoms with E-state index in [2.05, 4.69) is 40.2 Å². The van der Waals surface area contributed by atoms with E-state index >= 15 is 0 Å². The molecule has 0 saturated carbocycles. The molecule has 2 aromatic heterocycles. The normalized spacial score (nSPS) is 10.9. The first-order chi connectivity index (χ1) is 13.5. The van der Waals surface area contributed by atoms with Gasteiger partial charge in [0.25, 0.3) is 5.56 Å². The summed E-state index contributed by atoms with van der Waals surface area (Å²) in [5.41, 5.74) is 3.21. The lowest BCUT2D eigenvalue weighted by Crippen LogP contribution is -2.15. The summed E-state index contributed by atoms with van der Waals surface area (Å²) in [4.78, 5) is 23.5. The fourth-order valence-electron chi connectivity index (χ4n) is 2.85. The van der Waals surface area contributed by atoms with E-state index < -0.39 is 0 Å². The maximum atomic E-state index is 11.9. The minimum atomic E-state index is -0.122. The van der Waals surface area contributed by atoms with Gasteiger partial charge in [-0.3, -0.25) is 4.79 Å². The number of hydrogen-bond acceptors (Lipinski definition) is 5. The molecule has 0 aliphatic heterocycles. The quantitative estimate of drug-likeness (QED) is 0.606. The van der Waals surface area contributed by atoms with Crippen LogP contribution in [0.25, 0.3) is 11.4 Å². The smallest absolute Gasteiger partial charge is 0.254 e. The van der Waals surface area contributed by atoms with Crippen LogP contribution in [0.2, 0.25) is 0 Å². The molecule has 146 valence electrons. The van der Waals surface area contributed by atoms with E-state index in [1.165, 1.54) is 5.56 Å². The van der Waals surface area contributed by atoms with Crippen LogP contribution in [0.1, 0.15) is 36.6 Å². The Hall–Kier alpha value is -3.15. The van der Waals surface area contributed by atoms with Gasteiger partial charge in [0, 0.05) is 23.0 Å². The van der Waals surface area contributed by atoms with Gasteiger partial charge in [-0.1, -0.05) is 32.0 Å². The van der Waals surface area contributed by atoms with Crippen LogP contribution in [0.3, 0.4) is 0 Å². The summed E-state index contributed by atoms with van der Waals surface area (Å²) in [6.45, 7) is 9.08. The predicted molar refractivity (Wildman–Crippen MR) is 112 cm³/mol. The minimum absolute atomic E-state index is 0.122. The number of aromatic nitrogens is 3. The van der Waals surface area contributed by atoms with E-state index in [0.717, 1.165) is 22.8 Å². The number of anilines is 1. The third kappa shape index (κ3) is 4.57. The predicted octanol–water partition coefficient (Wildman–Crippen LogP) is 4.06. The van der Waals surface area contributed by atoms with Gasteiger partial charge in [0.1, 0.15) is 24.0 Å². The number of para-hydroxylation sites is 1. The first kappa shape index (κ1) is 19.6. The van der Waals surface area contributed by atoms with Gasteiger partial charge in [-0.15, -0.1) is 0 Å². The lowest BCUT2D eigenvalue weighted by Gasteiger charge is -2.14. The van der Waals surface area contributed by atoms with Crippen molar-refractivity contribution in [3.63, 3.8) is 0 Å². The third-order valence-corrected chi connectivity index (χ3v) is 4.64. The van der Waals surface area contributed by atoms with Crippen molar-refractivity contribution in [1.82, 2.24) is 15.0 Å². The number of nitrogens with zero attached hydrogens (tertiary/aromatic N) is 2. The lowest BCUT2D eigenvalue weighted by atomic mass is 10.0. The van der Waals surface area contributed by atoms with E-state index in [1.54, 1.807) is 13.1 Å². The number of rotatable bonds is 7. The van der Waals surface area contributed by atoms with Crippen LogP contribution in [-0.2, 0) is 0 Å². The molecule has 3 aromatic rings.